The highest BCUT2D eigenvalue weighted by molar-refractivity contribution is 5.45. The molecule has 0 aromatic carbocycles. The Balaban J connectivity index is 2.81. The number of carbonyl (C=O) groups is 1. The normalized spacial score (nSPS) is 10.1. The summed E-state index contributed by atoms with van der Waals surface area (Å²) in [7, 11) is 0. The highest BCUT2D eigenvalue weighted by Crippen LogP contribution is 2.04. The minimum Gasteiger partial charge on any atom is -0.359 e. The number of unbranched alkanes of at least 4 members (excludes halogenated alkanes) is 5. The molecule has 1 amide bonds. The SMILES string of the molecule is CCNCCCCCCCCNC=O. The lowest BCUT2D eigenvalue weighted by molar-refractivity contribution is -0.109. The Bertz CT molecular complexity index is 118. The zero-order chi connectivity index (χ0) is 10.5. The van der Waals surface area contributed by atoms with E-state index in [0.29, 0.717) is 0 Å². The van der Waals surface area contributed by atoms with Crippen molar-refractivity contribution in [1.29, 1.82) is 0 Å². The van der Waals surface area contributed by atoms with Gasteiger partial charge >= 0.3 is 0 Å². The van der Waals surface area contributed by atoms with Gasteiger partial charge < -0.3 is 10.6 Å². The molecule has 3 nitrogen and oxygen atoms in total. The molecule has 3 heteroatoms. The van der Waals surface area contributed by atoms with Crippen LogP contribution in [0.15, 0.2) is 0 Å². The van der Waals surface area contributed by atoms with Gasteiger partial charge in [-0.25, -0.2) is 0 Å². The molecule has 0 aliphatic rings. The summed E-state index contributed by atoms with van der Waals surface area (Å²) in [6, 6.07) is 0. The Morgan fingerprint density at radius 1 is 0.929 bits per heavy atom. The smallest absolute Gasteiger partial charge is 0.207 e. The van der Waals surface area contributed by atoms with Crippen LogP contribution in [0.25, 0.3) is 0 Å². The first-order valence-corrected chi connectivity index (χ1v) is 5.79. The summed E-state index contributed by atoms with van der Waals surface area (Å²) >= 11 is 0. The van der Waals surface area contributed by atoms with Crippen molar-refractivity contribution in [1.82, 2.24) is 10.6 Å². The average molecular weight is 200 g/mol. The van der Waals surface area contributed by atoms with Crippen LogP contribution in [0.5, 0.6) is 0 Å². The van der Waals surface area contributed by atoms with Crippen LogP contribution < -0.4 is 10.6 Å². The van der Waals surface area contributed by atoms with Crippen LogP contribution in [-0.2, 0) is 4.79 Å². The summed E-state index contributed by atoms with van der Waals surface area (Å²) in [5.74, 6) is 0. The van der Waals surface area contributed by atoms with Crippen LogP contribution in [0.1, 0.15) is 45.4 Å². The molecule has 0 unspecified atom stereocenters. The lowest BCUT2D eigenvalue weighted by Gasteiger charge is -2.02. The van der Waals surface area contributed by atoms with Gasteiger partial charge in [-0.15, -0.1) is 0 Å². The number of rotatable bonds is 11. The standard InChI is InChI=1S/C11H24N2O/c1-2-12-9-7-5-3-4-6-8-10-13-11-14/h11-12H,2-10H2,1H3,(H,13,14). The monoisotopic (exact) mass is 200 g/mol. The van der Waals surface area contributed by atoms with Crippen LogP contribution in [0.3, 0.4) is 0 Å². The van der Waals surface area contributed by atoms with Crippen molar-refractivity contribution in [3.63, 3.8) is 0 Å². The molecule has 0 aliphatic heterocycles. The van der Waals surface area contributed by atoms with E-state index in [2.05, 4.69) is 17.6 Å². The highest BCUT2D eigenvalue weighted by Gasteiger charge is 1.90. The quantitative estimate of drug-likeness (QED) is 0.393. The van der Waals surface area contributed by atoms with Crippen LogP contribution in [0.4, 0.5) is 0 Å². The fraction of sp³-hybridized carbons (Fsp3) is 0.909. The van der Waals surface area contributed by atoms with Crippen molar-refractivity contribution in [2.75, 3.05) is 19.6 Å². The van der Waals surface area contributed by atoms with E-state index in [4.69, 9.17) is 0 Å². The molecule has 0 heterocycles. The fourth-order valence-corrected chi connectivity index (χ4v) is 1.42. The van der Waals surface area contributed by atoms with Gasteiger partial charge in [0.15, 0.2) is 0 Å². The minimum absolute atomic E-state index is 0.774. The molecule has 0 aromatic heterocycles. The molecule has 0 aromatic rings. The number of amides is 1. The molecular weight excluding hydrogens is 176 g/mol. The molecular formula is C11H24N2O. The molecule has 14 heavy (non-hydrogen) atoms. The second-order valence-corrected chi connectivity index (χ2v) is 3.55. The van der Waals surface area contributed by atoms with Gasteiger partial charge in [-0.05, 0) is 25.9 Å². The third-order valence-electron chi connectivity index (χ3n) is 2.26. The third kappa shape index (κ3) is 11.4. The van der Waals surface area contributed by atoms with Crippen molar-refractivity contribution < 1.29 is 4.79 Å². The van der Waals surface area contributed by atoms with Crippen molar-refractivity contribution in [2.45, 2.75) is 45.4 Å². The van der Waals surface area contributed by atoms with E-state index in [1.165, 1.54) is 32.1 Å². The van der Waals surface area contributed by atoms with Gasteiger partial charge in [0.1, 0.15) is 0 Å². The van der Waals surface area contributed by atoms with Gasteiger partial charge in [0, 0.05) is 6.54 Å². The van der Waals surface area contributed by atoms with E-state index in [1.54, 1.807) is 0 Å². The zero-order valence-electron chi connectivity index (χ0n) is 9.35. The molecule has 2 N–H and O–H groups in total. The zero-order valence-corrected chi connectivity index (χ0v) is 9.35. The van der Waals surface area contributed by atoms with Crippen LogP contribution in [-0.4, -0.2) is 26.0 Å². The lowest BCUT2D eigenvalue weighted by atomic mass is 10.1. The summed E-state index contributed by atoms with van der Waals surface area (Å²) in [6.07, 6.45) is 8.37. The van der Waals surface area contributed by atoms with Gasteiger partial charge in [-0.2, -0.15) is 0 Å². The van der Waals surface area contributed by atoms with Crippen LogP contribution >= 0.6 is 0 Å². The van der Waals surface area contributed by atoms with E-state index < -0.39 is 0 Å². The van der Waals surface area contributed by atoms with Crippen LogP contribution in [0, 0.1) is 0 Å². The van der Waals surface area contributed by atoms with Gasteiger partial charge in [0.2, 0.25) is 6.41 Å². The molecule has 0 radical (unpaired) electrons. The largest absolute Gasteiger partial charge is 0.359 e. The molecule has 0 saturated heterocycles. The second-order valence-electron chi connectivity index (χ2n) is 3.55. The van der Waals surface area contributed by atoms with Crippen LogP contribution in [0.2, 0.25) is 0 Å². The first-order valence-electron chi connectivity index (χ1n) is 5.79. The van der Waals surface area contributed by atoms with Gasteiger partial charge in [-0.1, -0.05) is 32.6 Å². The molecule has 0 rings (SSSR count). The first-order chi connectivity index (χ1) is 6.91. The third-order valence-corrected chi connectivity index (χ3v) is 2.26. The summed E-state index contributed by atoms with van der Waals surface area (Å²) < 4.78 is 0. The second kappa shape index (κ2) is 12.4. The number of carbonyl (C=O) groups excluding carboxylic acids is 1. The lowest BCUT2D eigenvalue weighted by Crippen LogP contribution is -2.13. The van der Waals surface area contributed by atoms with Crippen molar-refractivity contribution in [3.05, 3.63) is 0 Å². The Kier molecular flexibility index (Phi) is 11.9. The van der Waals surface area contributed by atoms with E-state index in [-0.39, 0.29) is 0 Å². The van der Waals surface area contributed by atoms with E-state index in [1.807, 2.05) is 0 Å². The maximum absolute atomic E-state index is 9.92. The summed E-state index contributed by atoms with van der Waals surface area (Å²) in [5.41, 5.74) is 0. The van der Waals surface area contributed by atoms with E-state index in [0.717, 1.165) is 32.5 Å². The number of hydrogen-bond donors (Lipinski definition) is 2. The number of hydrogen-bond acceptors (Lipinski definition) is 2. The topological polar surface area (TPSA) is 41.1 Å². The average Bonchev–Trinajstić information content (AvgIpc) is 2.21. The Hall–Kier alpha value is -0.570. The minimum atomic E-state index is 0.774. The predicted molar refractivity (Wildman–Crippen MR) is 60.3 cm³/mol. The fourth-order valence-electron chi connectivity index (χ4n) is 1.42. The predicted octanol–water partition coefficient (Wildman–Crippen LogP) is 1.68. The summed E-state index contributed by atoms with van der Waals surface area (Å²) in [6.45, 7) is 5.21. The molecule has 0 atom stereocenters. The summed E-state index contributed by atoms with van der Waals surface area (Å²) in [4.78, 5) is 9.92. The molecule has 0 saturated carbocycles. The molecule has 0 spiro atoms. The van der Waals surface area contributed by atoms with Gasteiger partial charge in [0.05, 0.1) is 0 Å². The van der Waals surface area contributed by atoms with Gasteiger partial charge in [-0.3, -0.25) is 4.79 Å². The van der Waals surface area contributed by atoms with Crippen molar-refractivity contribution in [3.8, 4) is 0 Å². The Morgan fingerprint density at radius 3 is 2.07 bits per heavy atom. The number of nitrogens with one attached hydrogen (secondary N) is 2. The maximum atomic E-state index is 9.92. The van der Waals surface area contributed by atoms with Gasteiger partial charge in [0.25, 0.3) is 0 Å². The molecule has 84 valence electrons. The van der Waals surface area contributed by atoms with Crippen molar-refractivity contribution >= 4 is 6.41 Å². The van der Waals surface area contributed by atoms with E-state index in [9.17, 15) is 4.79 Å². The molecule has 0 bridgehead atoms. The Labute approximate surface area is 87.6 Å². The first kappa shape index (κ1) is 13.4. The Morgan fingerprint density at radius 2 is 1.50 bits per heavy atom. The molecule has 0 aliphatic carbocycles. The summed E-state index contributed by atoms with van der Waals surface area (Å²) in [5, 5.41) is 5.99. The van der Waals surface area contributed by atoms with E-state index >= 15 is 0 Å². The highest BCUT2D eigenvalue weighted by atomic mass is 16.1. The maximum Gasteiger partial charge on any atom is 0.207 e. The van der Waals surface area contributed by atoms with Crippen molar-refractivity contribution in [2.24, 2.45) is 0 Å². The molecule has 0 fully saturated rings.